The van der Waals surface area contributed by atoms with Crippen LogP contribution >= 0.6 is 0 Å². The largest absolute Gasteiger partial charge is 0.508 e. The van der Waals surface area contributed by atoms with E-state index in [0.29, 0.717) is 44.9 Å². The van der Waals surface area contributed by atoms with Gasteiger partial charge >= 0.3 is 5.97 Å². The quantitative estimate of drug-likeness (QED) is 0.0435. The van der Waals surface area contributed by atoms with Gasteiger partial charge in [0.2, 0.25) is 0 Å². The molecular weight excluding hydrogens is 769 g/mol. The maximum atomic E-state index is 13.0. The Bertz CT molecular complexity index is 1860. The number of fused-ring (bicyclic) bond motifs is 2. The van der Waals surface area contributed by atoms with Gasteiger partial charge in [0.25, 0.3) is 0 Å². The van der Waals surface area contributed by atoms with Crippen LogP contribution in [0, 0.1) is 23.7 Å². The summed E-state index contributed by atoms with van der Waals surface area (Å²) in [7, 11) is 0. The predicted octanol–water partition coefficient (Wildman–Crippen LogP) is 6.43. The number of unbranched alkanes of at least 4 members (excludes halogenated alkanes) is 2. The van der Waals surface area contributed by atoms with Gasteiger partial charge in [-0.25, -0.2) is 0 Å². The van der Waals surface area contributed by atoms with E-state index >= 15 is 0 Å². The summed E-state index contributed by atoms with van der Waals surface area (Å²) in [6.07, 6.45) is 17.0. The lowest BCUT2D eigenvalue weighted by Gasteiger charge is -2.44. The molecule has 9 atom stereocenters. The molecule has 61 heavy (non-hydrogen) atoms. The topological polar surface area (TPSA) is 183 Å². The fourth-order valence-electron chi connectivity index (χ4n) is 9.79. The molecule has 2 aliphatic heterocycles. The highest BCUT2D eigenvalue weighted by atomic mass is 16.4. The highest BCUT2D eigenvalue weighted by Gasteiger charge is 2.44. The summed E-state index contributed by atoms with van der Waals surface area (Å²) >= 11 is 0. The van der Waals surface area contributed by atoms with Crippen LogP contribution in [0.4, 0.5) is 0 Å². The monoisotopic (exact) mass is 841 g/mol. The van der Waals surface area contributed by atoms with Crippen LogP contribution in [-0.4, -0.2) is 96.9 Å². The highest BCUT2D eigenvalue weighted by molar-refractivity contribution is 5.67. The third-order valence-corrected chi connectivity index (χ3v) is 13.1. The van der Waals surface area contributed by atoms with Gasteiger partial charge in [0.15, 0.2) is 0 Å². The zero-order valence-electron chi connectivity index (χ0n) is 36.4. The summed E-state index contributed by atoms with van der Waals surface area (Å²) in [6.45, 7) is 3.75. The fourth-order valence-corrected chi connectivity index (χ4v) is 9.79. The molecule has 1 fully saturated rings. The molecule has 0 amide bonds. The van der Waals surface area contributed by atoms with Gasteiger partial charge in [-0.3, -0.25) is 4.79 Å². The Morgan fingerprint density at radius 3 is 2.61 bits per heavy atom. The van der Waals surface area contributed by atoms with Gasteiger partial charge in [-0.2, -0.15) is 0 Å². The fraction of sp³-hybridized carbons (Fsp3) is 0.588. The van der Waals surface area contributed by atoms with Gasteiger partial charge in [-0.15, -0.1) is 0 Å². The minimum absolute atomic E-state index is 0.00245. The second kappa shape index (κ2) is 24.2. The number of aryl methyl sites for hydroxylation is 1. The summed E-state index contributed by atoms with van der Waals surface area (Å²) in [5, 5.41) is 83.7. The van der Waals surface area contributed by atoms with Crippen molar-refractivity contribution in [1.82, 2.24) is 10.6 Å². The number of phenols is 1. The molecule has 0 radical (unpaired) electrons. The van der Waals surface area contributed by atoms with Crippen molar-refractivity contribution in [1.29, 1.82) is 0 Å². The van der Waals surface area contributed by atoms with Crippen molar-refractivity contribution in [2.45, 2.75) is 165 Å². The molecule has 0 saturated carbocycles. The molecule has 0 aromatic heterocycles. The lowest BCUT2D eigenvalue weighted by Crippen LogP contribution is -2.59. The number of hydrogen-bond acceptors (Lipinski definition) is 9. The minimum atomic E-state index is -1.37. The normalized spacial score (nSPS) is 26.9. The number of carbonyl (C=O) groups is 1. The van der Waals surface area contributed by atoms with Gasteiger partial charge in [0, 0.05) is 43.1 Å². The van der Waals surface area contributed by atoms with Gasteiger partial charge in [0.05, 0.1) is 36.4 Å². The first kappa shape index (κ1) is 48.2. The maximum absolute atomic E-state index is 13.0. The van der Waals surface area contributed by atoms with Gasteiger partial charge < -0.3 is 46.4 Å². The smallest absolute Gasteiger partial charge is 0.303 e. The molecule has 334 valence electrons. The molecule has 10 nitrogen and oxygen atoms in total. The van der Waals surface area contributed by atoms with E-state index in [1.165, 1.54) is 0 Å². The van der Waals surface area contributed by atoms with Crippen molar-refractivity contribution >= 4 is 5.97 Å². The standard InChI is InChI=1S/C51H72N2O8/c1-3-4-5-16-43(56)25-23-38-21-19-36-12-6-7-13-37(36)20-22-39-15-10-28-51(61,33-42-24-26-44(57)30-40(42)27-29-54)50(39)53-48(46(38)32-45(58)34-55)18-9-17-47-41(31-49(59)60)14-8-11-35(2)52-47/h6-7,10,12-13,15,23-26,30,35,39,41,43,45,47-48,50,52-58,61H,3-5,8-9,11,14,16-19,21,27-29,31-34H2,1-2H3,(H,59,60). The zero-order valence-corrected chi connectivity index (χ0v) is 36.4. The molecule has 2 aromatic rings. The molecular formula is C51H72N2O8. The van der Waals surface area contributed by atoms with E-state index in [4.69, 9.17) is 0 Å². The van der Waals surface area contributed by atoms with Crippen LogP contribution in [0.3, 0.4) is 0 Å². The summed E-state index contributed by atoms with van der Waals surface area (Å²) in [5.41, 5.74) is 4.01. The van der Waals surface area contributed by atoms with Crippen molar-refractivity contribution in [3.8, 4) is 17.6 Å². The average molecular weight is 841 g/mol. The van der Waals surface area contributed by atoms with E-state index in [2.05, 4.69) is 48.5 Å². The van der Waals surface area contributed by atoms with Crippen molar-refractivity contribution in [2.24, 2.45) is 11.8 Å². The predicted molar refractivity (Wildman–Crippen MR) is 241 cm³/mol. The molecule has 1 saturated heterocycles. The molecule has 0 spiro atoms. The molecule has 2 aromatic carbocycles. The zero-order chi connectivity index (χ0) is 43.8. The van der Waals surface area contributed by atoms with Crippen molar-refractivity contribution < 1.29 is 40.5 Å². The van der Waals surface area contributed by atoms with E-state index < -0.39 is 48.4 Å². The number of aliphatic hydroxyl groups is 5. The number of carboxylic acid groups (broad SMARTS) is 1. The Morgan fingerprint density at radius 2 is 1.84 bits per heavy atom. The number of benzene rings is 2. The van der Waals surface area contributed by atoms with Crippen molar-refractivity contribution in [2.75, 3.05) is 13.2 Å². The summed E-state index contributed by atoms with van der Waals surface area (Å²) in [6, 6.07) is 12.4. The molecule has 9 unspecified atom stereocenters. The first-order valence-corrected chi connectivity index (χ1v) is 22.9. The number of phenolic OH excluding ortho intramolecular Hbond substituents is 1. The molecule has 9 N–H and O–H groups in total. The van der Waals surface area contributed by atoms with Crippen molar-refractivity contribution in [3.05, 3.63) is 100 Å². The number of aliphatic carboxylic acids is 1. The van der Waals surface area contributed by atoms with Crippen LogP contribution in [0.1, 0.15) is 126 Å². The van der Waals surface area contributed by atoms with E-state index in [1.807, 2.05) is 42.5 Å². The summed E-state index contributed by atoms with van der Waals surface area (Å²) in [5.74, 6) is 5.87. The molecule has 2 heterocycles. The first-order chi connectivity index (χ1) is 29.4. The molecule has 0 bridgehead atoms. The number of aromatic hydroxyl groups is 1. The average Bonchev–Trinajstić information content (AvgIpc) is 3.40. The lowest BCUT2D eigenvalue weighted by atomic mass is 9.73. The molecule has 10 heteroatoms. The van der Waals surface area contributed by atoms with Gasteiger partial charge in [-0.05, 0) is 123 Å². The lowest BCUT2D eigenvalue weighted by molar-refractivity contribution is -0.138. The molecule has 3 aliphatic rings. The number of nitrogens with one attached hydrogen (secondary N) is 2. The summed E-state index contributed by atoms with van der Waals surface area (Å²) in [4.78, 5) is 12.0. The van der Waals surface area contributed by atoms with Crippen LogP contribution in [-0.2, 0) is 24.1 Å². The van der Waals surface area contributed by atoms with Crippen LogP contribution < -0.4 is 10.6 Å². The Labute approximate surface area is 363 Å². The Kier molecular flexibility index (Phi) is 19.1. The van der Waals surface area contributed by atoms with E-state index in [1.54, 1.807) is 12.1 Å². The second-order valence-corrected chi connectivity index (χ2v) is 17.9. The van der Waals surface area contributed by atoms with E-state index in [0.717, 1.165) is 78.3 Å². The van der Waals surface area contributed by atoms with Crippen LogP contribution in [0.2, 0.25) is 0 Å². The SMILES string of the molecule is CCCCCC(O)C=CC1=C(CC(O)CO)C(CCCC2NC(C)CCCC2CC(=O)O)NC2C(C#Cc3ccccc3CC1)C=CCC2(O)Cc1ccc(O)cc1CCO. The highest BCUT2D eigenvalue weighted by Crippen LogP contribution is 2.37. The minimum Gasteiger partial charge on any atom is -0.508 e. The van der Waals surface area contributed by atoms with Crippen molar-refractivity contribution in [3.63, 3.8) is 0 Å². The Hall–Kier alpha value is -3.79. The number of rotatable bonds is 19. The number of hydrogen-bond donors (Lipinski definition) is 9. The Morgan fingerprint density at radius 1 is 1.02 bits per heavy atom. The second-order valence-electron chi connectivity index (χ2n) is 17.9. The molecule has 1 aliphatic carbocycles. The van der Waals surface area contributed by atoms with Gasteiger partial charge in [0.1, 0.15) is 5.75 Å². The van der Waals surface area contributed by atoms with Gasteiger partial charge in [-0.1, -0.05) is 99.4 Å². The summed E-state index contributed by atoms with van der Waals surface area (Å²) < 4.78 is 0. The number of carboxylic acids is 1. The van der Waals surface area contributed by atoms with Crippen LogP contribution in [0.5, 0.6) is 5.75 Å². The van der Waals surface area contributed by atoms with Crippen LogP contribution in [0.25, 0.3) is 0 Å². The first-order valence-electron chi connectivity index (χ1n) is 22.9. The van der Waals surface area contributed by atoms with E-state index in [9.17, 15) is 40.5 Å². The third-order valence-electron chi connectivity index (χ3n) is 13.1. The Balaban J connectivity index is 1.65. The third kappa shape index (κ3) is 14.4. The molecule has 5 rings (SSSR count). The van der Waals surface area contributed by atoms with E-state index in [-0.39, 0.29) is 49.6 Å². The number of aliphatic hydroxyl groups excluding tert-OH is 4. The number of allylic oxidation sites excluding steroid dienone is 2. The maximum Gasteiger partial charge on any atom is 0.303 e. The van der Waals surface area contributed by atoms with Crippen LogP contribution in [0.15, 0.2) is 77.9 Å².